The molecule has 2 aromatic rings. The third-order valence-electron chi connectivity index (χ3n) is 4.24. The number of rotatable bonds is 3. The number of nitrogens with one attached hydrogen (secondary N) is 1. The van der Waals surface area contributed by atoms with E-state index in [2.05, 4.69) is 87.4 Å². The van der Waals surface area contributed by atoms with E-state index in [1.807, 2.05) is 0 Å². The second-order valence-electron chi connectivity index (χ2n) is 6.00. The van der Waals surface area contributed by atoms with Crippen molar-refractivity contribution in [3.8, 4) is 0 Å². The van der Waals surface area contributed by atoms with Crippen molar-refractivity contribution in [3.05, 3.63) is 62.0 Å². The second kappa shape index (κ2) is 6.13. The highest BCUT2D eigenvalue weighted by molar-refractivity contribution is 9.10. The van der Waals surface area contributed by atoms with E-state index in [9.17, 15) is 0 Å². The Balaban J connectivity index is 1.65. The predicted octanol–water partition coefficient (Wildman–Crippen LogP) is 6.19. The van der Waals surface area contributed by atoms with Gasteiger partial charge in [0, 0.05) is 15.0 Å². The third kappa shape index (κ3) is 3.35. The predicted molar refractivity (Wildman–Crippen MR) is 97.1 cm³/mol. The maximum atomic E-state index is 3.70. The summed E-state index contributed by atoms with van der Waals surface area (Å²) in [5, 5.41) is 3.70. The molecule has 0 spiro atoms. The van der Waals surface area contributed by atoms with Gasteiger partial charge in [-0.1, -0.05) is 34.1 Å². The Morgan fingerprint density at radius 3 is 2.48 bits per heavy atom. The molecule has 1 nitrogen and oxygen atoms in total. The molecular weight excluding hydrogens is 390 g/mol. The largest absolute Gasteiger partial charge is 0.381 e. The van der Waals surface area contributed by atoms with Gasteiger partial charge in [0.2, 0.25) is 0 Å². The maximum Gasteiger partial charge on any atom is 0.0516 e. The van der Waals surface area contributed by atoms with E-state index in [0.29, 0.717) is 12.0 Å². The molecule has 0 aliphatic heterocycles. The lowest BCUT2D eigenvalue weighted by Gasteiger charge is -2.37. The number of hydrogen-bond acceptors (Lipinski definition) is 1. The van der Waals surface area contributed by atoms with Crippen molar-refractivity contribution in [2.75, 3.05) is 5.32 Å². The minimum Gasteiger partial charge on any atom is -0.381 e. The van der Waals surface area contributed by atoms with Crippen molar-refractivity contribution in [3.63, 3.8) is 0 Å². The van der Waals surface area contributed by atoms with Gasteiger partial charge in [-0.2, -0.15) is 0 Å². The Morgan fingerprint density at radius 1 is 1.05 bits per heavy atom. The van der Waals surface area contributed by atoms with Crippen LogP contribution < -0.4 is 5.32 Å². The summed E-state index contributed by atoms with van der Waals surface area (Å²) in [5.74, 6) is 0.685. The molecule has 1 N–H and O–H groups in total. The van der Waals surface area contributed by atoms with Gasteiger partial charge < -0.3 is 5.32 Å². The van der Waals surface area contributed by atoms with E-state index in [4.69, 9.17) is 0 Å². The molecule has 1 aliphatic carbocycles. The van der Waals surface area contributed by atoms with E-state index in [-0.39, 0.29) is 0 Å². The fraction of sp³-hybridized carbons (Fsp3) is 0.333. The van der Waals surface area contributed by atoms with Crippen molar-refractivity contribution < 1.29 is 0 Å². The van der Waals surface area contributed by atoms with Crippen LogP contribution in [0.5, 0.6) is 0 Å². The smallest absolute Gasteiger partial charge is 0.0516 e. The van der Waals surface area contributed by atoms with E-state index < -0.39 is 0 Å². The zero-order valence-corrected chi connectivity index (χ0v) is 15.5. The fourth-order valence-corrected chi connectivity index (χ4v) is 4.28. The summed E-state index contributed by atoms with van der Waals surface area (Å²) in [4.78, 5) is 0. The molecule has 0 atom stereocenters. The molecule has 0 bridgehead atoms. The first kappa shape index (κ1) is 15.1. The van der Waals surface area contributed by atoms with Crippen LogP contribution in [0, 0.1) is 13.8 Å². The molecule has 110 valence electrons. The molecule has 0 amide bonds. The van der Waals surface area contributed by atoms with Crippen molar-refractivity contribution in [2.45, 2.75) is 38.6 Å². The van der Waals surface area contributed by atoms with Gasteiger partial charge in [-0.15, -0.1) is 0 Å². The lowest BCUT2D eigenvalue weighted by Crippen LogP contribution is -2.34. The summed E-state index contributed by atoms with van der Waals surface area (Å²) in [6.45, 7) is 4.30. The normalized spacial score (nSPS) is 21.0. The summed E-state index contributed by atoms with van der Waals surface area (Å²) in [5.41, 5.74) is 5.30. The van der Waals surface area contributed by atoms with Crippen LogP contribution in [0.3, 0.4) is 0 Å². The van der Waals surface area contributed by atoms with Gasteiger partial charge in [0.25, 0.3) is 0 Å². The molecule has 21 heavy (non-hydrogen) atoms. The summed E-state index contributed by atoms with van der Waals surface area (Å²) in [6.07, 6.45) is 2.41. The van der Waals surface area contributed by atoms with Crippen LogP contribution in [-0.2, 0) is 0 Å². The highest BCUT2D eigenvalue weighted by Gasteiger charge is 2.30. The standard InChI is InChI=1S/C18H19Br2N/c1-11-6-12(2)18(17(20)7-11)21-16-9-14(10-16)13-4-3-5-15(19)8-13/h3-8,14,16,21H,9-10H2,1-2H3. The zero-order valence-electron chi connectivity index (χ0n) is 12.3. The second-order valence-corrected chi connectivity index (χ2v) is 7.77. The van der Waals surface area contributed by atoms with E-state index in [0.717, 1.165) is 0 Å². The molecule has 3 rings (SSSR count). The topological polar surface area (TPSA) is 12.0 Å². The Kier molecular flexibility index (Phi) is 4.41. The van der Waals surface area contributed by atoms with Crippen molar-refractivity contribution >= 4 is 37.5 Å². The molecule has 0 aromatic heterocycles. The Morgan fingerprint density at radius 2 is 1.81 bits per heavy atom. The number of aryl methyl sites for hydroxylation is 2. The molecule has 2 aromatic carbocycles. The first-order chi connectivity index (χ1) is 10.0. The molecule has 0 saturated heterocycles. The Labute approximate surface area is 143 Å². The average Bonchev–Trinajstić information content (AvgIpc) is 2.35. The lowest BCUT2D eigenvalue weighted by atomic mass is 9.76. The zero-order chi connectivity index (χ0) is 15.0. The van der Waals surface area contributed by atoms with Crippen LogP contribution in [0.1, 0.15) is 35.4 Å². The minimum atomic E-state index is 0.576. The van der Waals surface area contributed by atoms with Crippen molar-refractivity contribution in [2.24, 2.45) is 0 Å². The van der Waals surface area contributed by atoms with Crippen LogP contribution in [0.2, 0.25) is 0 Å². The van der Waals surface area contributed by atoms with Crippen LogP contribution in [0.15, 0.2) is 45.3 Å². The van der Waals surface area contributed by atoms with Gasteiger partial charge in [-0.25, -0.2) is 0 Å². The quantitative estimate of drug-likeness (QED) is 0.638. The fourth-order valence-electron chi connectivity index (χ4n) is 3.07. The number of halogens is 2. The van der Waals surface area contributed by atoms with Crippen molar-refractivity contribution in [1.82, 2.24) is 0 Å². The Hall–Kier alpha value is -0.800. The SMILES string of the molecule is Cc1cc(C)c(NC2CC(c3cccc(Br)c3)C2)c(Br)c1. The van der Waals surface area contributed by atoms with Gasteiger partial charge in [0.15, 0.2) is 0 Å². The molecular formula is C18H19Br2N. The minimum absolute atomic E-state index is 0.576. The Bertz CT molecular complexity index is 637. The lowest BCUT2D eigenvalue weighted by molar-refractivity contribution is 0.374. The van der Waals surface area contributed by atoms with Gasteiger partial charge in [-0.05, 0) is 83.4 Å². The van der Waals surface area contributed by atoms with Gasteiger partial charge in [0.05, 0.1) is 5.69 Å². The van der Waals surface area contributed by atoms with E-state index in [1.54, 1.807) is 0 Å². The van der Waals surface area contributed by atoms with E-state index in [1.165, 1.54) is 44.2 Å². The molecule has 3 heteroatoms. The van der Waals surface area contributed by atoms with Gasteiger partial charge in [-0.3, -0.25) is 0 Å². The number of benzene rings is 2. The van der Waals surface area contributed by atoms with Crippen LogP contribution in [-0.4, -0.2) is 6.04 Å². The van der Waals surface area contributed by atoms with Crippen molar-refractivity contribution in [1.29, 1.82) is 0 Å². The first-order valence-corrected chi connectivity index (χ1v) is 8.90. The van der Waals surface area contributed by atoms with Gasteiger partial charge >= 0.3 is 0 Å². The molecule has 0 radical (unpaired) electrons. The molecule has 1 saturated carbocycles. The molecule has 0 unspecified atom stereocenters. The first-order valence-electron chi connectivity index (χ1n) is 7.31. The molecule has 1 aliphatic rings. The summed E-state index contributed by atoms with van der Waals surface area (Å²) >= 11 is 7.24. The highest BCUT2D eigenvalue weighted by Crippen LogP contribution is 2.40. The third-order valence-corrected chi connectivity index (χ3v) is 5.36. The number of anilines is 1. The van der Waals surface area contributed by atoms with Gasteiger partial charge in [0.1, 0.15) is 0 Å². The van der Waals surface area contributed by atoms with Crippen LogP contribution in [0.25, 0.3) is 0 Å². The summed E-state index contributed by atoms with van der Waals surface area (Å²) in [7, 11) is 0. The molecule has 0 heterocycles. The average molecular weight is 409 g/mol. The van der Waals surface area contributed by atoms with Crippen LogP contribution in [0.4, 0.5) is 5.69 Å². The maximum absolute atomic E-state index is 3.70. The monoisotopic (exact) mass is 407 g/mol. The summed E-state index contributed by atoms with van der Waals surface area (Å²) < 4.78 is 2.35. The number of hydrogen-bond donors (Lipinski definition) is 1. The highest BCUT2D eigenvalue weighted by atomic mass is 79.9. The molecule has 1 fully saturated rings. The van der Waals surface area contributed by atoms with Crippen LogP contribution >= 0.6 is 31.9 Å². The summed E-state index contributed by atoms with van der Waals surface area (Å²) in [6, 6.07) is 13.7. The van der Waals surface area contributed by atoms with E-state index >= 15 is 0 Å².